The summed E-state index contributed by atoms with van der Waals surface area (Å²) in [6.45, 7) is -0.0132. The van der Waals surface area contributed by atoms with Crippen LogP contribution in [0, 0.1) is 17.1 Å². The Balaban J connectivity index is 2.04. The first-order chi connectivity index (χ1) is 9.60. The van der Waals surface area contributed by atoms with Gasteiger partial charge in [-0.1, -0.05) is 17.7 Å². The molecule has 1 heterocycles. The van der Waals surface area contributed by atoms with E-state index in [0.29, 0.717) is 0 Å². The molecule has 1 aromatic carbocycles. The summed E-state index contributed by atoms with van der Waals surface area (Å²) in [5.74, 6) is -1.04. The number of amides is 1. The van der Waals surface area contributed by atoms with Gasteiger partial charge in [0.05, 0.1) is 11.6 Å². The number of halogens is 2. The highest BCUT2D eigenvalue weighted by Gasteiger charge is 2.09. The molecular weight excluding hydrogens is 283 g/mol. The van der Waals surface area contributed by atoms with Gasteiger partial charge in [-0.05, 0) is 24.3 Å². The average molecular weight is 291 g/mol. The van der Waals surface area contributed by atoms with Crippen molar-refractivity contribution in [1.29, 1.82) is 5.26 Å². The van der Waals surface area contributed by atoms with Crippen LogP contribution in [0.2, 0.25) is 5.15 Å². The van der Waals surface area contributed by atoms with Crippen molar-refractivity contribution in [3.63, 3.8) is 0 Å². The van der Waals surface area contributed by atoms with E-state index in [1.54, 1.807) is 0 Å². The van der Waals surface area contributed by atoms with E-state index in [9.17, 15) is 9.18 Å². The molecule has 20 heavy (non-hydrogen) atoms. The maximum Gasteiger partial charge on any atom is 0.272 e. The minimum atomic E-state index is -0.549. The van der Waals surface area contributed by atoms with Gasteiger partial charge in [0.1, 0.15) is 5.82 Å². The summed E-state index contributed by atoms with van der Waals surface area (Å²) in [6, 6.07) is 8.73. The topological polar surface area (TPSA) is 78.7 Å². The first kappa shape index (κ1) is 13.9. The van der Waals surface area contributed by atoms with E-state index in [0.717, 1.165) is 6.07 Å². The predicted molar refractivity (Wildman–Crippen MR) is 69.3 cm³/mol. The Morgan fingerprint density at radius 2 is 2.15 bits per heavy atom. The summed E-state index contributed by atoms with van der Waals surface area (Å²) in [4.78, 5) is 11.7. The number of hydrogen-bond donors (Lipinski definition) is 1. The van der Waals surface area contributed by atoms with Crippen molar-refractivity contribution in [3.8, 4) is 6.07 Å². The monoisotopic (exact) mass is 290 g/mol. The second-order valence-corrected chi connectivity index (χ2v) is 4.23. The van der Waals surface area contributed by atoms with Crippen molar-refractivity contribution in [2.75, 3.05) is 0 Å². The van der Waals surface area contributed by atoms with Gasteiger partial charge in [-0.3, -0.25) is 4.79 Å². The Bertz CT molecular complexity index is 682. The molecule has 1 amide bonds. The fourth-order valence-corrected chi connectivity index (χ4v) is 1.56. The maximum atomic E-state index is 13.6. The molecule has 0 atom stereocenters. The van der Waals surface area contributed by atoms with E-state index in [-0.39, 0.29) is 28.5 Å². The summed E-state index contributed by atoms with van der Waals surface area (Å²) in [6.07, 6.45) is 0. The van der Waals surface area contributed by atoms with Crippen LogP contribution >= 0.6 is 11.6 Å². The third kappa shape index (κ3) is 3.28. The van der Waals surface area contributed by atoms with Crippen LogP contribution in [-0.4, -0.2) is 16.1 Å². The minimum Gasteiger partial charge on any atom is -0.346 e. The van der Waals surface area contributed by atoms with Crippen molar-refractivity contribution >= 4 is 17.5 Å². The molecule has 7 heteroatoms. The van der Waals surface area contributed by atoms with Crippen molar-refractivity contribution in [3.05, 3.63) is 58.1 Å². The van der Waals surface area contributed by atoms with E-state index in [4.69, 9.17) is 16.9 Å². The molecule has 0 saturated heterocycles. The van der Waals surface area contributed by atoms with Gasteiger partial charge in [-0.15, -0.1) is 10.2 Å². The zero-order valence-electron chi connectivity index (χ0n) is 10.1. The van der Waals surface area contributed by atoms with Gasteiger partial charge in [0.15, 0.2) is 10.8 Å². The zero-order chi connectivity index (χ0) is 14.5. The first-order valence-corrected chi connectivity index (χ1v) is 5.94. The fraction of sp³-hybridized carbons (Fsp3) is 0.0769. The molecule has 0 bridgehead atoms. The molecule has 0 radical (unpaired) electrons. The summed E-state index contributed by atoms with van der Waals surface area (Å²) in [7, 11) is 0. The summed E-state index contributed by atoms with van der Waals surface area (Å²) in [5.41, 5.74) is 0.587. The smallest absolute Gasteiger partial charge is 0.272 e. The lowest BCUT2D eigenvalue weighted by Gasteiger charge is -2.05. The molecular formula is C13H8ClFN4O. The van der Waals surface area contributed by atoms with Crippen molar-refractivity contribution < 1.29 is 9.18 Å². The third-order valence-electron chi connectivity index (χ3n) is 2.49. The molecule has 1 aromatic heterocycles. The number of hydrogen-bond acceptors (Lipinski definition) is 4. The van der Waals surface area contributed by atoms with Gasteiger partial charge in [-0.25, -0.2) is 4.39 Å². The van der Waals surface area contributed by atoms with Gasteiger partial charge in [0, 0.05) is 12.1 Å². The molecule has 0 unspecified atom stereocenters. The Labute approximate surface area is 119 Å². The number of aromatic nitrogens is 2. The lowest BCUT2D eigenvalue weighted by molar-refractivity contribution is 0.0944. The standard InChI is InChI=1S/C13H8ClFN4O/c14-12-4-3-11(18-19-12)13(20)17-7-9-2-1-8(6-16)5-10(9)15/h1-5H,7H2,(H,17,20). The molecule has 0 aliphatic rings. The molecule has 2 aromatic rings. The highest BCUT2D eigenvalue weighted by atomic mass is 35.5. The van der Waals surface area contributed by atoms with E-state index >= 15 is 0 Å². The van der Waals surface area contributed by atoms with Crippen molar-refractivity contribution in [2.24, 2.45) is 0 Å². The second kappa shape index (κ2) is 6.08. The van der Waals surface area contributed by atoms with Gasteiger partial charge in [0.25, 0.3) is 5.91 Å². The Morgan fingerprint density at radius 1 is 1.35 bits per heavy atom. The fourth-order valence-electron chi connectivity index (χ4n) is 1.46. The van der Waals surface area contributed by atoms with Crippen LogP contribution in [0.1, 0.15) is 21.6 Å². The highest BCUT2D eigenvalue weighted by molar-refractivity contribution is 6.29. The normalized spacial score (nSPS) is 9.85. The largest absolute Gasteiger partial charge is 0.346 e. The molecule has 5 nitrogen and oxygen atoms in total. The van der Waals surface area contributed by atoms with E-state index < -0.39 is 11.7 Å². The number of nitrogens with zero attached hydrogens (tertiary/aromatic N) is 3. The lowest BCUT2D eigenvalue weighted by Crippen LogP contribution is -2.24. The lowest BCUT2D eigenvalue weighted by atomic mass is 10.1. The SMILES string of the molecule is N#Cc1ccc(CNC(=O)c2ccc(Cl)nn2)c(F)c1. The van der Waals surface area contributed by atoms with Gasteiger partial charge < -0.3 is 5.32 Å². The number of nitriles is 1. The summed E-state index contributed by atoms with van der Waals surface area (Å²) < 4.78 is 13.6. The van der Waals surface area contributed by atoms with Crippen molar-refractivity contribution in [1.82, 2.24) is 15.5 Å². The quantitative estimate of drug-likeness (QED) is 0.938. The average Bonchev–Trinajstić information content (AvgIpc) is 2.46. The number of benzene rings is 1. The van der Waals surface area contributed by atoms with Gasteiger partial charge in [-0.2, -0.15) is 5.26 Å². The van der Waals surface area contributed by atoms with Crippen LogP contribution in [0.4, 0.5) is 4.39 Å². The van der Waals surface area contributed by atoms with Crippen LogP contribution < -0.4 is 5.32 Å². The highest BCUT2D eigenvalue weighted by Crippen LogP contribution is 2.10. The van der Waals surface area contributed by atoms with Crippen LogP contribution in [0.3, 0.4) is 0 Å². The Hall–Kier alpha value is -2.52. The molecule has 100 valence electrons. The predicted octanol–water partition coefficient (Wildman–Crippen LogP) is 2.07. The molecule has 0 saturated carbocycles. The number of rotatable bonds is 3. The third-order valence-corrected chi connectivity index (χ3v) is 2.69. The first-order valence-electron chi connectivity index (χ1n) is 5.56. The van der Waals surface area contributed by atoms with Gasteiger partial charge in [0.2, 0.25) is 0 Å². The molecule has 0 aliphatic heterocycles. The number of nitrogens with one attached hydrogen (secondary N) is 1. The maximum absolute atomic E-state index is 13.6. The zero-order valence-corrected chi connectivity index (χ0v) is 10.9. The minimum absolute atomic E-state index is 0.0132. The summed E-state index contributed by atoms with van der Waals surface area (Å²) >= 11 is 5.56. The molecule has 0 fully saturated rings. The molecule has 1 N–H and O–H groups in total. The molecule has 2 rings (SSSR count). The number of carbonyl (C=O) groups is 1. The molecule has 0 aliphatic carbocycles. The van der Waals surface area contributed by atoms with Crippen LogP contribution in [0.5, 0.6) is 0 Å². The van der Waals surface area contributed by atoms with Gasteiger partial charge >= 0.3 is 0 Å². The van der Waals surface area contributed by atoms with E-state index in [1.807, 2.05) is 6.07 Å². The van der Waals surface area contributed by atoms with Crippen LogP contribution in [0.15, 0.2) is 30.3 Å². The van der Waals surface area contributed by atoms with Crippen LogP contribution in [0.25, 0.3) is 0 Å². The molecule has 0 spiro atoms. The Kier molecular flexibility index (Phi) is 4.23. The number of carbonyl (C=O) groups excluding carboxylic acids is 1. The summed E-state index contributed by atoms with van der Waals surface area (Å²) in [5, 5.41) is 18.5. The van der Waals surface area contributed by atoms with E-state index in [1.165, 1.54) is 24.3 Å². The van der Waals surface area contributed by atoms with E-state index in [2.05, 4.69) is 15.5 Å². The second-order valence-electron chi connectivity index (χ2n) is 3.84. The van der Waals surface area contributed by atoms with Crippen LogP contribution in [-0.2, 0) is 6.54 Å². The van der Waals surface area contributed by atoms with Crippen molar-refractivity contribution in [2.45, 2.75) is 6.54 Å². The Morgan fingerprint density at radius 3 is 2.75 bits per heavy atom.